The molecule has 2 aromatic rings. The number of fused-ring (bicyclic) bond motifs is 1. The molecule has 0 aromatic carbocycles. The van der Waals surface area contributed by atoms with E-state index in [0.29, 0.717) is 18.0 Å². The fourth-order valence-electron chi connectivity index (χ4n) is 1.80. The lowest BCUT2D eigenvalue weighted by atomic mass is 10.3. The van der Waals surface area contributed by atoms with E-state index in [1.165, 1.54) is 29.2 Å². The van der Waals surface area contributed by atoms with Crippen LogP contribution < -0.4 is 0 Å². The number of rotatable bonds is 6. The molecule has 0 saturated heterocycles. The normalized spacial score (nSPS) is 10.2. The minimum Gasteiger partial charge on any atom is -0.389 e. The van der Waals surface area contributed by atoms with Crippen molar-refractivity contribution in [1.82, 2.24) is 14.6 Å². The molecule has 7 heteroatoms. The van der Waals surface area contributed by atoms with Gasteiger partial charge in [-0.05, 0) is 13.8 Å². The van der Waals surface area contributed by atoms with E-state index >= 15 is 0 Å². The topological polar surface area (TPSA) is 70.7 Å². The Labute approximate surface area is 155 Å². The molecular weight excluding hydrogens is 336 g/mol. The number of hydrazone groups is 1. The number of carbonyl (C=O) groups excluding carboxylic acids is 1. The van der Waals surface area contributed by atoms with Gasteiger partial charge in [-0.3, -0.25) is 4.79 Å². The van der Waals surface area contributed by atoms with Crippen molar-refractivity contribution in [3.05, 3.63) is 16.3 Å². The monoisotopic (exact) mass is 368 g/mol. The Morgan fingerprint density at radius 3 is 2.32 bits per heavy atom. The zero-order valence-corrected chi connectivity index (χ0v) is 17.4. The quantitative estimate of drug-likeness (QED) is 0.474. The van der Waals surface area contributed by atoms with Gasteiger partial charge in [0.15, 0.2) is 5.65 Å². The number of unbranched alkanes of at least 4 members (excludes halogenated alkanes) is 1. The van der Waals surface area contributed by atoms with Gasteiger partial charge in [-0.15, -0.1) is 11.3 Å². The lowest BCUT2D eigenvalue weighted by Crippen LogP contribution is -2.14. The van der Waals surface area contributed by atoms with Gasteiger partial charge in [0.1, 0.15) is 5.01 Å². The lowest BCUT2D eigenvalue weighted by Gasteiger charge is -2.05. The average Bonchev–Trinajstić information content (AvgIpc) is 3.18. The standard InChI is InChI=1S/C12H16N4O2S.C4H10.C2H6/c1-4-16(7-18)13-5-9-8(2)15(3)12-11(9)19-10(6-17)14-12;1-3-4-2;1-2/h5,7,17H,4,6H2,1-3H3;3-4H2,1-2H3;1-2H3/b13-5-;;. The van der Waals surface area contributed by atoms with E-state index in [-0.39, 0.29) is 6.61 Å². The number of hydrogen-bond donors (Lipinski definition) is 1. The summed E-state index contributed by atoms with van der Waals surface area (Å²) in [4.78, 5) is 15.1. The van der Waals surface area contributed by atoms with Gasteiger partial charge in [-0.1, -0.05) is 40.5 Å². The Morgan fingerprint density at radius 2 is 1.88 bits per heavy atom. The maximum atomic E-state index is 10.7. The summed E-state index contributed by atoms with van der Waals surface area (Å²) < 4.78 is 2.94. The van der Waals surface area contributed by atoms with Crippen molar-refractivity contribution in [2.24, 2.45) is 12.1 Å². The average molecular weight is 369 g/mol. The highest BCUT2D eigenvalue weighted by Crippen LogP contribution is 2.29. The van der Waals surface area contributed by atoms with E-state index in [0.717, 1.165) is 21.6 Å². The molecule has 2 aromatic heterocycles. The molecular formula is C18H32N4O2S. The molecule has 0 saturated carbocycles. The van der Waals surface area contributed by atoms with Gasteiger partial charge in [0.25, 0.3) is 0 Å². The van der Waals surface area contributed by atoms with Crippen LogP contribution in [-0.4, -0.2) is 38.8 Å². The summed E-state index contributed by atoms with van der Waals surface area (Å²) in [6.45, 7) is 12.7. The fraction of sp³-hybridized carbons (Fsp3) is 0.611. The van der Waals surface area contributed by atoms with Crippen LogP contribution in [0.2, 0.25) is 0 Å². The van der Waals surface area contributed by atoms with Crippen molar-refractivity contribution >= 4 is 34.3 Å². The summed E-state index contributed by atoms with van der Waals surface area (Å²) in [5, 5.41) is 15.3. The lowest BCUT2D eigenvalue weighted by molar-refractivity contribution is -0.117. The Bertz CT molecular complexity index is 660. The van der Waals surface area contributed by atoms with E-state index in [1.807, 2.05) is 39.3 Å². The number of nitrogens with zero attached hydrogens (tertiary/aromatic N) is 4. The minimum absolute atomic E-state index is 0.0651. The number of hydrogen-bond acceptors (Lipinski definition) is 5. The summed E-state index contributed by atoms with van der Waals surface area (Å²) in [6, 6.07) is 0. The van der Waals surface area contributed by atoms with Crippen LogP contribution in [0.4, 0.5) is 0 Å². The summed E-state index contributed by atoms with van der Waals surface area (Å²) in [6.07, 6.45) is 5.01. The zero-order valence-electron chi connectivity index (χ0n) is 16.5. The Balaban J connectivity index is 0.000000845. The third-order valence-electron chi connectivity index (χ3n) is 3.52. The van der Waals surface area contributed by atoms with E-state index in [9.17, 15) is 4.79 Å². The molecule has 0 bridgehead atoms. The highest BCUT2D eigenvalue weighted by molar-refractivity contribution is 7.19. The molecule has 0 aliphatic rings. The molecule has 142 valence electrons. The number of aliphatic hydroxyl groups is 1. The molecule has 1 N–H and O–H groups in total. The summed E-state index contributed by atoms with van der Waals surface area (Å²) in [5.74, 6) is 0. The van der Waals surface area contributed by atoms with Gasteiger partial charge in [-0.2, -0.15) is 5.10 Å². The molecule has 2 rings (SSSR count). The van der Waals surface area contributed by atoms with Crippen LogP contribution in [0.3, 0.4) is 0 Å². The Hall–Kier alpha value is -1.73. The maximum absolute atomic E-state index is 10.7. The van der Waals surface area contributed by atoms with E-state index in [2.05, 4.69) is 23.9 Å². The second kappa shape index (κ2) is 12.6. The van der Waals surface area contributed by atoms with Crippen LogP contribution in [0, 0.1) is 6.92 Å². The first kappa shape index (κ1) is 23.3. The summed E-state index contributed by atoms with van der Waals surface area (Å²) >= 11 is 1.45. The van der Waals surface area contributed by atoms with Crippen molar-refractivity contribution in [1.29, 1.82) is 0 Å². The fourth-order valence-corrected chi connectivity index (χ4v) is 2.81. The number of carbonyl (C=O) groups is 1. The van der Waals surface area contributed by atoms with Gasteiger partial charge in [-0.25, -0.2) is 9.99 Å². The third-order valence-corrected chi connectivity index (χ3v) is 4.59. The molecule has 0 unspecified atom stereocenters. The molecule has 0 aliphatic heterocycles. The molecule has 6 nitrogen and oxygen atoms in total. The van der Waals surface area contributed by atoms with Gasteiger partial charge in [0, 0.05) is 24.8 Å². The van der Waals surface area contributed by atoms with Crippen molar-refractivity contribution in [3.63, 3.8) is 0 Å². The third kappa shape index (κ3) is 6.25. The van der Waals surface area contributed by atoms with Crippen LogP contribution in [0.1, 0.15) is 63.7 Å². The molecule has 1 amide bonds. The smallest absolute Gasteiger partial charge is 0.229 e. The van der Waals surface area contributed by atoms with Crippen LogP contribution >= 0.6 is 11.3 Å². The van der Waals surface area contributed by atoms with E-state index < -0.39 is 0 Å². The molecule has 0 aliphatic carbocycles. The summed E-state index contributed by atoms with van der Waals surface area (Å²) in [5.41, 5.74) is 2.81. The van der Waals surface area contributed by atoms with Crippen LogP contribution in [0.15, 0.2) is 5.10 Å². The molecule has 0 atom stereocenters. The second-order valence-electron chi connectivity index (χ2n) is 5.08. The Morgan fingerprint density at radius 1 is 1.28 bits per heavy atom. The molecule has 25 heavy (non-hydrogen) atoms. The first-order valence-electron chi connectivity index (χ1n) is 8.85. The Kier molecular flexibility index (Phi) is 11.7. The minimum atomic E-state index is -0.0651. The second-order valence-corrected chi connectivity index (χ2v) is 6.17. The van der Waals surface area contributed by atoms with Crippen LogP contribution in [0.5, 0.6) is 0 Å². The van der Waals surface area contributed by atoms with Gasteiger partial charge in [0.2, 0.25) is 6.41 Å². The number of aromatic nitrogens is 2. The van der Waals surface area contributed by atoms with Crippen molar-refractivity contribution in [2.75, 3.05) is 6.54 Å². The first-order chi connectivity index (χ1) is 12.0. The molecule has 2 heterocycles. The highest BCUT2D eigenvalue weighted by atomic mass is 32.1. The van der Waals surface area contributed by atoms with Gasteiger partial charge < -0.3 is 9.67 Å². The largest absolute Gasteiger partial charge is 0.389 e. The van der Waals surface area contributed by atoms with Gasteiger partial charge >= 0.3 is 0 Å². The van der Waals surface area contributed by atoms with E-state index in [4.69, 9.17) is 5.11 Å². The van der Waals surface area contributed by atoms with Crippen LogP contribution in [0.25, 0.3) is 10.3 Å². The van der Waals surface area contributed by atoms with E-state index in [1.54, 1.807) is 6.21 Å². The number of amides is 1. The first-order valence-corrected chi connectivity index (χ1v) is 9.66. The van der Waals surface area contributed by atoms with Crippen LogP contribution in [-0.2, 0) is 18.4 Å². The molecule has 0 spiro atoms. The molecule has 0 radical (unpaired) electrons. The van der Waals surface area contributed by atoms with Crippen molar-refractivity contribution < 1.29 is 9.90 Å². The summed E-state index contributed by atoms with van der Waals surface area (Å²) in [7, 11) is 1.92. The van der Waals surface area contributed by atoms with Crippen molar-refractivity contribution in [3.8, 4) is 0 Å². The highest BCUT2D eigenvalue weighted by Gasteiger charge is 2.15. The number of thiazole rings is 1. The maximum Gasteiger partial charge on any atom is 0.229 e. The SMILES string of the molecule is CC.CCCC.CCN(C=O)/N=C\c1c(C)n(C)c2nc(CO)sc12. The predicted octanol–water partition coefficient (Wildman–Crippen LogP) is 4.08. The molecule has 0 fully saturated rings. The number of aryl methyl sites for hydroxylation is 1. The van der Waals surface area contributed by atoms with Crippen molar-refractivity contribution in [2.45, 2.75) is 61.0 Å². The number of aliphatic hydroxyl groups excluding tert-OH is 1. The predicted molar refractivity (Wildman–Crippen MR) is 107 cm³/mol. The van der Waals surface area contributed by atoms with Gasteiger partial charge in [0.05, 0.1) is 17.5 Å². The zero-order chi connectivity index (χ0) is 19.4.